The van der Waals surface area contributed by atoms with E-state index in [2.05, 4.69) is 34.1 Å². The summed E-state index contributed by atoms with van der Waals surface area (Å²) >= 11 is 3.27. The number of methoxy groups -OCH3 is 1. The molecule has 2 heteroatoms. The van der Waals surface area contributed by atoms with E-state index in [-0.39, 0.29) is 0 Å². The van der Waals surface area contributed by atoms with Gasteiger partial charge in [-0.15, -0.1) is 0 Å². The summed E-state index contributed by atoms with van der Waals surface area (Å²) in [7, 11) is 1.70. The average molecular weight is 269 g/mol. The summed E-state index contributed by atoms with van der Waals surface area (Å²) in [5, 5.41) is 0. The van der Waals surface area contributed by atoms with Crippen LogP contribution < -0.4 is 4.74 Å². The van der Waals surface area contributed by atoms with E-state index in [0.29, 0.717) is 0 Å². The van der Waals surface area contributed by atoms with E-state index in [4.69, 9.17) is 4.74 Å². The predicted octanol–water partition coefficient (Wildman–Crippen LogP) is 4.32. The molecule has 0 saturated carbocycles. The van der Waals surface area contributed by atoms with Crippen LogP contribution in [0.1, 0.15) is 24.8 Å². The Morgan fingerprint density at radius 2 is 1.93 bits per heavy atom. The number of rotatable bonds is 6. The molecule has 0 aliphatic heterocycles. The van der Waals surface area contributed by atoms with Crippen LogP contribution in [0.25, 0.3) is 0 Å². The first-order valence-corrected chi connectivity index (χ1v) is 6.16. The van der Waals surface area contributed by atoms with Gasteiger partial charge in [-0.1, -0.05) is 34.1 Å². The predicted molar refractivity (Wildman–Crippen MR) is 68.6 cm³/mol. The Kier molecular flexibility index (Phi) is 6.17. The number of halogens is 1. The molecular formula is C13H17BrO. The quantitative estimate of drug-likeness (QED) is 0.699. The number of ether oxygens (including phenoxy) is 1. The van der Waals surface area contributed by atoms with Crippen molar-refractivity contribution in [1.82, 2.24) is 0 Å². The highest BCUT2D eigenvalue weighted by molar-refractivity contribution is 9.11. The minimum atomic E-state index is 0.931. The molecule has 1 aromatic rings. The Balaban J connectivity index is 2.25. The van der Waals surface area contributed by atoms with E-state index in [9.17, 15) is 0 Å². The number of allylic oxidation sites excluding steroid dienone is 1. The summed E-state index contributed by atoms with van der Waals surface area (Å²) in [5.74, 6) is 0.931. The van der Waals surface area contributed by atoms with Crippen molar-refractivity contribution in [1.29, 1.82) is 0 Å². The molecule has 0 N–H and O–H groups in total. The van der Waals surface area contributed by atoms with Crippen LogP contribution in [0.4, 0.5) is 0 Å². The Hall–Kier alpha value is -0.760. The van der Waals surface area contributed by atoms with E-state index in [1.54, 1.807) is 7.11 Å². The Labute approximate surface area is 100 Å². The third-order valence-corrected chi connectivity index (χ3v) is 2.71. The normalized spacial score (nSPS) is 10.8. The summed E-state index contributed by atoms with van der Waals surface area (Å²) in [6, 6.07) is 8.32. The van der Waals surface area contributed by atoms with E-state index >= 15 is 0 Å². The van der Waals surface area contributed by atoms with Crippen molar-refractivity contribution in [3.05, 3.63) is 40.9 Å². The molecule has 0 saturated heterocycles. The largest absolute Gasteiger partial charge is 0.497 e. The number of benzene rings is 1. The SMILES string of the molecule is COc1ccc(CCCCC=CBr)cc1. The fourth-order valence-electron chi connectivity index (χ4n) is 1.45. The summed E-state index contributed by atoms with van der Waals surface area (Å²) in [6.45, 7) is 0. The molecule has 0 spiro atoms. The molecule has 0 fully saturated rings. The molecule has 0 amide bonds. The number of aryl methyl sites for hydroxylation is 1. The minimum absolute atomic E-state index is 0.931. The highest BCUT2D eigenvalue weighted by atomic mass is 79.9. The van der Waals surface area contributed by atoms with Gasteiger partial charge in [0.05, 0.1) is 7.11 Å². The molecule has 0 radical (unpaired) electrons. The maximum atomic E-state index is 5.11. The molecule has 1 nitrogen and oxygen atoms in total. The summed E-state index contributed by atoms with van der Waals surface area (Å²) in [5.41, 5.74) is 1.39. The van der Waals surface area contributed by atoms with E-state index in [1.165, 1.54) is 18.4 Å². The van der Waals surface area contributed by atoms with Gasteiger partial charge in [-0.05, 0) is 48.4 Å². The molecule has 1 rings (SSSR count). The Morgan fingerprint density at radius 3 is 2.53 bits per heavy atom. The average Bonchev–Trinajstić information content (AvgIpc) is 2.30. The molecule has 0 atom stereocenters. The first-order valence-electron chi connectivity index (χ1n) is 5.25. The van der Waals surface area contributed by atoms with E-state index in [1.807, 2.05) is 17.1 Å². The fourth-order valence-corrected chi connectivity index (χ4v) is 1.71. The standard InChI is InChI=1S/C13H17BrO/c1-15-13-9-7-12(8-10-13)6-4-2-3-5-11-14/h5,7-11H,2-4,6H2,1H3. The molecule has 0 aromatic heterocycles. The lowest BCUT2D eigenvalue weighted by Gasteiger charge is -2.02. The van der Waals surface area contributed by atoms with Crippen LogP contribution in [0.5, 0.6) is 5.75 Å². The van der Waals surface area contributed by atoms with Crippen molar-refractivity contribution in [3.63, 3.8) is 0 Å². The van der Waals surface area contributed by atoms with Gasteiger partial charge in [0.1, 0.15) is 5.75 Å². The molecule has 0 aliphatic carbocycles. The van der Waals surface area contributed by atoms with Crippen molar-refractivity contribution in [2.24, 2.45) is 0 Å². The van der Waals surface area contributed by atoms with Crippen molar-refractivity contribution in [2.75, 3.05) is 7.11 Å². The highest BCUT2D eigenvalue weighted by Crippen LogP contribution is 2.13. The van der Waals surface area contributed by atoms with Gasteiger partial charge in [0.2, 0.25) is 0 Å². The zero-order chi connectivity index (χ0) is 10.9. The fraction of sp³-hybridized carbons (Fsp3) is 0.385. The second kappa shape index (κ2) is 7.52. The molecule has 0 bridgehead atoms. The summed E-state index contributed by atoms with van der Waals surface area (Å²) < 4.78 is 5.11. The summed E-state index contributed by atoms with van der Waals surface area (Å²) in [6.07, 6.45) is 6.94. The third kappa shape index (κ3) is 5.03. The molecular weight excluding hydrogens is 252 g/mol. The van der Waals surface area contributed by atoms with Crippen LogP contribution in [-0.4, -0.2) is 7.11 Å². The molecule has 15 heavy (non-hydrogen) atoms. The van der Waals surface area contributed by atoms with Crippen molar-refractivity contribution < 1.29 is 4.74 Å². The van der Waals surface area contributed by atoms with Crippen LogP contribution in [0.3, 0.4) is 0 Å². The maximum Gasteiger partial charge on any atom is 0.118 e. The van der Waals surface area contributed by atoms with Gasteiger partial charge >= 0.3 is 0 Å². The van der Waals surface area contributed by atoms with Gasteiger partial charge in [0.25, 0.3) is 0 Å². The van der Waals surface area contributed by atoms with Gasteiger partial charge in [-0.3, -0.25) is 0 Å². The maximum absolute atomic E-state index is 5.11. The van der Waals surface area contributed by atoms with Crippen LogP contribution >= 0.6 is 15.9 Å². The van der Waals surface area contributed by atoms with E-state index in [0.717, 1.165) is 18.6 Å². The zero-order valence-corrected chi connectivity index (χ0v) is 10.7. The summed E-state index contributed by atoms with van der Waals surface area (Å²) in [4.78, 5) is 1.93. The van der Waals surface area contributed by atoms with Gasteiger partial charge < -0.3 is 4.74 Å². The van der Waals surface area contributed by atoms with Crippen LogP contribution in [0, 0.1) is 0 Å². The second-order valence-corrected chi connectivity index (χ2v) is 3.98. The molecule has 0 unspecified atom stereocenters. The molecule has 0 aliphatic rings. The Bertz CT molecular complexity index is 290. The molecule has 1 aromatic carbocycles. The van der Waals surface area contributed by atoms with Crippen LogP contribution in [0.15, 0.2) is 35.3 Å². The Morgan fingerprint density at radius 1 is 1.20 bits per heavy atom. The lowest BCUT2D eigenvalue weighted by atomic mass is 10.1. The number of unbranched alkanes of at least 4 members (excludes halogenated alkanes) is 2. The van der Waals surface area contributed by atoms with Crippen LogP contribution in [-0.2, 0) is 6.42 Å². The van der Waals surface area contributed by atoms with Gasteiger partial charge in [-0.2, -0.15) is 0 Å². The lowest BCUT2D eigenvalue weighted by molar-refractivity contribution is 0.414. The van der Waals surface area contributed by atoms with Crippen LogP contribution in [0.2, 0.25) is 0 Å². The highest BCUT2D eigenvalue weighted by Gasteiger charge is 1.94. The van der Waals surface area contributed by atoms with Gasteiger partial charge in [-0.25, -0.2) is 0 Å². The first kappa shape index (κ1) is 12.3. The third-order valence-electron chi connectivity index (χ3n) is 2.33. The zero-order valence-electron chi connectivity index (χ0n) is 9.08. The molecule has 82 valence electrons. The van der Waals surface area contributed by atoms with Crippen molar-refractivity contribution in [3.8, 4) is 5.75 Å². The monoisotopic (exact) mass is 268 g/mol. The lowest BCUT2D eigenvalue weighted by Crippen LogP contribution is -1.87. The van der Waals surface area contributed by atoms with E-state index < -0.39 is 0 Å². The minimum Gasteiger partial charge on any atom is -0.497 e. The van der Waals surface area contributed by atoms with Gasteiger partial charge in [0, 0.05) is 0 Å². The topological polar surface area (TPSA) is 9.23 Å². The molecule has 0 heterocycles. The number of hydrogen-bond acceptors (Lipinski definition) is 1. The number of hydrogen-bond donors (Lipinski definition) is 0. The van der Waals surface area contributed by atoms with Crippen molar-refractivity contribution in [2.45, 2.75) is 25.7 Å². The van der Waals surface area contributed by atoms with Crippen molar-refractivity contribution >= 4 is 15.9 Å². The van der Waals surface area contributed by atoms with Gasteiger partial charge in [0.15, 0.2) is 0 Å². The smallest absolute Gasteiger partial charge is 0.118 e. The first-order chi connectivity index (χ1) is 7.36. The second-order valence-electron chi connectivity index (χ2n) is 3.46.